The summed E-state index contributed by atoms with van der Waals surface area (Å²) in [5.41, 5.74) is 0.791. The van der Waals surface area contributed by atoms with Crippen LogP contribution in [0.5, 0.6) is 17.2 Å². The van der Waals surface area contributed by atoms with Crippen LogP contribution in [0, 0.1) is 5.82 Å². The molecule has 3 rings (SSSR count). The molecule has 2 aromatic rings. The zero-order chi connectivity index (χ0) is 22.4. The average Bonchev–Trinajstić information content (AvgIpc) is 3.22. The van der Waals surface area contributed by atoms with Crippen molar-refractivity contribution in [2.75, 3.05) is 27.9 Å². The lowest BCUT2D eigenvalue weighted by molar-refractivity contribution is -0.145. The fraction of sp³-hybridized carbons (Fsp3) is 0.364. The van der Waals surface area contributed by atoms with E-state index in [0.29, 0.717) is 11.5 Å². The molecule has 0 spiro atoms. The van der Waals surface area contributed by atoms with Gasteiger partial charge in [-0.2, -0.15) is 0 Å². The molecule has 166 valence electrons. The molecule has 2 aromatic carbocycles. The number of esters is 1. The molecule has 1 saturated heterocycles. The second kappa shape index (κ2) is 10.0. The molecule has 9 heteroatoms. The molecule has 31 heavy (non-hydrogen) atoms. The first-order chi connectivity index (χ1) is 15.0. The predicted octanol–water partition coefficient (Wildman–Crippen LogP) is 2.75. The number of likely N-dealkylation sites (tertiary alicyclic amines) is 1. The number of halogens is 1. The minimum atomic E-state index is -0.827. The summed E-state index contributed by atoms with van der Waals surface area (Å²) >= 11 is 0. The number of hydrogen-bond acceptors (Lipinski definition) is 6. The number of urea groups is 1. The third-order valence-electron chi connectivity index (χ3n) is 5.02. The van der Waals surface area contributed by atoms with Crippen molar-refractivity contribution in [3.05, 3.63) is 53.8 Å². The molecule has 0 saturated carbocycles. The van der Waals surface area contributed by atoms with Gasteiger partial charge >= 0.3 is 12.0 Å². The van der Waals surface area contributed by atoms with Gasteiger partial charge in [-0.25, -0.2) is 14.0 Å². The third kappa shape index (κ3) is 5.17. The first-order valence-corrected chi connectivity index (χ1v) is 9.71. The maximum absolute atomic E-state index is 13.9. The molecular weight excluding hydrogens is 407 g/mol. The molecule has 2 atom stereocenters. The molecule has 0 aliphatic carbocycles. The van der Waals surface area contributed by atoms with Crippen molar-refractivity contribution in [2.24, 2.45) is 0 Å². The minimum absolute atomic E-state index is 0.0729. The Morgan fingerprint density at radius 1 is 1.06 bits per heavy atom. The predicted molar refractivity (Wildman–Crippen MR) is 110 cm³/mol. The summed E-state index contributed by atoms with van der Waals surface area (Å²) in [6, 6.07) is 10.0. The van der Waals surface area contributed by atoms with E-state index in [4.69, 9.17) is 18.9 Å². The molecule has 1 N–H and O–H groups in total. The summed E-state index contributed by atoms with van der Waals surface area (Å²) < 4.78 is 34.9. The Balaban J connectivity index is 1.67. The van der Waals surface area contributed by atoms with Crippen molar-refractivity contribution >= 4 is 12.0 Å². The van der Waals surface area contributed by atoms with Crippen LogP contribution >= 0.6 is 0 Å². The Hall–Kier alpha value is -3.49. The second-order valence-electron chi connectivity index (χ2n) is 6.95. The van der Waals surface area contributed by atoms with Crippen LogP contribution in [0.4, 0.5) is 9.18 Å². The van der Waals surface area contributed by atoms with Crippen molar-refractivity contribution < 1.29 is 32.9 Å². The van der Waals surface area contributed by atoms with E-state index >= 15 is 0 Å². The summed E-state index contributed by atoms with van der Waals surface area (Å²) in [5.74, 6) is 0.135. The number of benzene rings is 2. The van der Waals surface area contributed by atoms with E-state index in [1.54, 1.807) is 37.4 Å². The SMILES string of the molecule is COC(=O)C1CC(Oc2ccccc2F)CN1C(=O)NCc1ccc(OC)c(OC)c1. The molecular formula is C22H25FN2O6. The number of para-hydroxylation sites is 1. The first kappa shape index (κ1) is 22.2. The summed E-state index contributed by atoms with van der Waals surface area (Å²) in [6.07, 6.45) is -0.349. The van der Waals surface area contributed by atoms with Crippen LogP contribution in [0.25, 0.3) is 0 Å². The Bertz CT molecular complexity index is 938. The Morgan fingerprint density at radius 2 is 1.81 bits per heavy atom. The lowest BCUT2D eigenvalue weighted by Gasteiger charge is -2.22. The zero-order valence-electron chi connectivity index (χ0n) is 17.6. The zero-order valence-corrected chi connectivity index (χ0v) is 17.6. The van der Waals surface area contributed by atoms with E-state index in [0.717, 1.165) is 5.56 Å². The molecule has 0 aromatic heterocycles. The van der Waals surface area contributed by atoms with Gasteiger partial charge in [-0.1, -0.05) is 18.2 Å². The Labute approximate surface area is 179 Å². The van der Waals surface area contributed by atoms with E-state index in [-0.39, 0.29) is 25.3 Å². The highest BCUT2D eigenvalue weighted by atomic mass is 19.1. The van der Waals surface area contributed by atoms with Gasteiger partial charge in [-0.15, -0.1) is 0 Å². The van der Waals surface area contributed by atoms with Crippen LogP contribution in [0.2, 0.25) is 0 Å². The number of nitrogens with one attached hydrogen (secondary N) is 1. The fourth-order valence-corrected chi connectivity index (χ4v) is 3.46. The number of methoxy groups -OCH3 is 3. The smallest absolute Gasteiger partial charge is 0.328 e. The largest absolute Gasteiger partial charge is 0.493 e. The number of nitrogens with zero attached hydrogens (tertiary/aromatic N) is 1. The van der Waals surface area contributed by atoms with Crippen LogP contribution in [0.3, 0.4) is 0 Å². The highest BCUT2D eigenvalue weighted by Crippen LogP contribution is 2.28. The Kier molecular flexibility index (Phi) is 7.17. The Morgan fingerprint density at radius 3 is 2.48 bits per heavy atom. The molecule has 2 amide bonds. The highest BCUT2D eigenvalue weighted by molar-refractivity contribution is 5.84. The number of ether oxygens (including phenoxy) is 4. The standard InChI is InChI=1S/C22H25FN2O6/c1-28-19-9-8-14(10-20(19)29-2)12-24-22(27)25-13-15(11-17(25)21(26)30-3)31-18-7-5-4-6-16(18)23/h4-10,15,17H,11-13H2,1-3H3,(H,24,27). The molecule has 1 aliphatic heterocycles. The number of rotatable bonds is 7. The van der Waals surface area contributed by atoms with Crippen molar-refractivity contribution in [1.29, 1.82) is 0 Å². The van der Waals surface area contributed by atoms with Gasteiger partial charge in [0.15, 0.2) is 23.1 Å². The lowest BCUT2D eigenvalue weighted by Crippen LogP contribution is -2.46. The van der Waals surface area contributed by atoms with Crippen molar-refractivity contribution in [1.82, 2.24) is 10.2 Å². The fourth-order valence-electron chi connectivity index (χ4n) is 3.46. The number of carbonyl (C=O) groups excluding carboxylic acids is 2. The van der Waals surface area contributed by atoms with Crippen LogP contribution < -0.4 is 19.5 Å². The van der Waals surface area contributed by atoms with Gasteiger partial charge in [0.1, 0.15) is 12.1 Å². The van der Waals surface area contributed by atoms with Crippen LogP contribution in [0.15, 0.2) is 42.5 Å². The van der Waals surface area contributed by atoms with E-state index in [9.17, 15) is 14.0 Å². The maximum Gasteiger partial charge on any atom is 0.328 e. The van der Waals surface area contributed by atoms with Crippen LogP contribution in [0.1, 0.15) is 12.0 Å². The lowest BCUT2D eigenvalue weighted by atomic mass is 10.2. The monoisotopic (exact) mass is 432 g/mol. The molecule has 8 nitrogen and oxygen atoms in total. The molecule has 1 heterocycles. The molecule has 1 aliphatic rings. The summed E-state index contributed by atoms with van der Waals surface area (Å²) in [6.45, 7) is 0.328. The van der Waals surface area contributed by atoms with E-state index in [1.165, 1.54) is 31.3 Å². The van der Waals surface area contributed by atoms with Crippen LogP contribution in [-0.4, -0.2) is 56.9 Å². The quantitative estimate of drug-likeness (QED) is 0.677. The average molecular weight is 432 g/mol. The highest BCUT2D eigenvalue weighted by Gasteiger charge is 2.41. The molecule has 0 radical (unpaired) electrons. The van der Waals surface area contributed by atoms with Crippen molar-refractivity contribution in [3.63, 3.8) is 0 Å². The van der Waals surface area contributed by atoms with E-state index < -0.39 is 30.0 Å². The van der Waals surface area contributed by atoms with Gasteiger partial charge in [0.05, 0.1) is 27.9 Å². The van der Waals surface area contributed by atoms with Crippen LogP contribution in [-0.2, 0) is 16.1 Å². The molecule has 1 fully saturated rings. The number of hydrogen-bond donors (Lipinski definition) is 1. The maximum atomic E-state index is 13.9. The van der Waals surface area contributed by atoms with Gasteiger partial charge in [-0.3, -0.25) is 0 Å². The summed E-state index contributed by atoms with van der Waals surface area (Å²) in [5, 5.41) is 2.79. The number of carbonyl (C=O) groups is 2. The van der Waals surface area contributed by atoms with Gasteiger partial charge < -0.3 is 29.2 Å². The van der Waals surface area contributed by atoms with Gasteiger partial charge in [0, 0.05) is 13.0 Å². The van der Waals surface area contributed by atoms with Gasteiger partial charge in [-0.05, 0) is 29.8 Å². The summed E-state index contributed by atoms with van der Waals surface area (Å²) in [7, 11) is 4.33. The molecule has 2 unspecified atom stereocenters. The number of amides is 2. The second-order valence-corrected chi connectivity index (χ2v) is 6.95. The van der Waals surface area contributed by atoms with Crippen molar-refractivity contribution in [3.8, 4) is 17.2 Å². The van der Waals surface area contributed by atoms with E-state index in [1.807, 2.05) is 0 Å². The topological polar surface area (TPSA) is 86.3 Å². The first-order valence-electron chi connectivity index (χ1n) is 9.71. The summed E-state index contributed by atoms with van der Waals surface area (Å²) in [4.78, 5) is 26.4. The normalized spacial score (nSPS) is 17.7. The molecule has 0 bridgehead atoms. The minimum Gasteiger partial charge on any atom is -0.493 e. The van der Waals surface area contributed by atoms with E-state index in [2.05, 4.69) is 5.32 Å². The van der Waals surface area contributed by atoms with Crippen molar-refractivity contribution in [2.45, 2.75) is 25.1 Å². The van der Waals surface area contributed by atoms with Gasteiger partial charge in [0.2, 0.25) is 0 Å². The van der Waals surface area contributed by atoms with Gasteiger partial charge in [0.25, 0.3) is 0 Å². The third-order valence-corrected chi connectivity index (χ3v) is 5.02.